The first-order valence-corrected chi connectivity index (χ1v) is 9.27. The second kappa shape index (κ2) is 9.24. The summed E-state index contributed by atoms with van der Waals surface area (Å²) in [5.74, 6) is 0.254. The highest BCUT2D eigenvalue weighted by molar-refractivity contribution is 8.16. The molecule has 0 bridgehead atoms. The molecule has 0 spiro atoms. The fourth-order valence-electron chi connectivity index (χ4n) is 2.05. The minimum atomic E-state index is -0.301. The molecule has 0 radical (unpaired) electrons. The lowest BCUT2D eigenvalue weighted by atomic mass is 10.2. The topological polar surface area (TPSA) is 89.6 Å². The largest absolute Gasteiger partial charge is 0.493 e. The van der Waals surface area contributed by atoms with Crippen LogP contribution in [0.1, 0.15) is 20.9 Å². The Morgan fingerprint density at radius 2 is 2.32 bits per heavy atom. The van der Waals surface area contributed by atoms with Gasteiger partial charge in [0.2, 0.25) is 0 Å². The third kappa shape index (κ3) is 5.61. The summed E-state index contributed by atoms with van der Waals surface area (Å²) in [5, 5.41) is 4.77. The number of nitrogens with one attached hydrogen (secondary N) is 1. The average Bonchev–Trinajstić information content (AvgIpc) is 2.99. The van der Waals surface area contributed by atoms with E-state index < -0.39 is 0 Å². The van der Waals surface area contributed by atoms with Crippen molar-refractivity contribution in [2.24, 2.45) is 4.99 Å². The number of aryl methyl sites for hydroxylation is 1. The van der Waals surface area contributed by atoms with Gasteiger partial charge in [-0.15, -0.1) is 11.3 Å². The van der Waals surface area contributed by atoms with Gasteiger partial charge in [-0.1, -0.05) is 18.3 Å². The van der Waals surface area contributed by atoms with Crippen LogP contribution in [-0.4, -0.2) is 29.7 Å². The van der Waals surface area contributed by atoms with E-state index in [4.69, 9.17) is 10.5 Å². The van der Waals surface area contributed by atoms with Gasteiger partial charge < -0.3 is 15.8 Å². The first kappa shape index (κ1) is 19.0. The molecule has 1 aromatic carbocycles. The lowest BCUT2D eigenvalue weighted by Crippen LogP contribution is -2.28. The Hall–Kier alpha value is -2.32. The van der Waals surface area contributed by atoms with Crippen LogP contribution in [0.3, 0.4) is 0 Å². The molecule has 0 saturated heterocycles. The van der Waals surface area contributed by atoms with Crippen LogP contribution >= 0.6 is 23.1 Å². The normalized spacial score (nSPS) is 11.2. The molecule has 132 valence electrons. The zero-order valence-electron chi connectivity index (χ0n) is 14.1. The molecule has 2 aromatic rings. The number of thioether (sulfide) groups is 1. The number of anilines is 1. The van der Waals surface area contributed by atoms with E-state index in [1.807, 2.05) is 12.4 Å². The van der Waals surface area contributed by atoms with Gasteiger partial charge in [-0.3, -0.25) is 9.79 Å². The van der Waals surface area contributed by atoms with Gasteiger partial charge in [0, 0.05) is 35.7 Å². The molecule has 0 unspecified atom stereocenters. The second-order valence-corrected chi connectivity index (χ2v) is 6.91. The van der Waals surface area contributed by atoms with Gasteiger partial charge in [-0.25, -0.2) is 4.98 Å². The molecule has 6 nitrogen and oxygen atoms in total. The highest BCUT2D eigenvalue weighted by Gasteiger charge is 2.11. The molecule has 1 heterocycles. The van der Waals surface area contributed by atoms with E-state index in [2.05, 4.69) is 21.9 Å². The Morgan fingerprint density at radius 3 is 2.96 bits per heavy atom. The Morgan fingerprint density at radius 1 is 1.52 bits per heavy atom. The van der Waals surface area contributed by atoms with Gasteiger partial charge in [-0.2, -0.15) is 0 Å². The summed E-state index contributed by atoms with van der Waals surface area (Å²) >= 11 is 2.84. The second-order valence-electron chi connectivity index (χ2n) is 5.02. The zero-order chi connectivity index (χ0) is 18.2. The SMILES string of the molecule is C=CSC(=NC)NC(=O)c1cc(N)cc(OCCc2scnc2C)c1. The van der Waals surface area contributed by atoms with Gasteiger partial charge in [0.1, 0.15) is 5.75 Å². The van der Waals surface area contributed by atoms with Crippen molar-refractivity contribution in [2.75, 3.05) is 19.4 Å². The fourth-order valence-corrected chi connectivity index (χ4v) is 3.23. The quantitative estimate of drug-likeness (QED) is 0.459. The third-order valence-electron chi connectivity index (χ3n) is 3.25. The fraction of sp³-hybridized carbons (Fsp3) is 0.235. The van der Waals surface area contributed by atoms with Gasteiger partial charge >= 0.3 is 0 Å². The maximum absolute atomic E-state index is 12.3. The molecule has 3 N–H and O–H groups in total. The van der Waals surface area contributed by atoms with Crippen molar-refractivity contribution < 1.29 is 9.53 Å². The summed E-state index contributed by atoms with van der Waals surface area (Å²) in [6.07, 6.45) is 0.759. The van der Waals surface area contributed by atoms with E-state index in [0.717, 1.165) is 12.1 Å². The number of ether oxygens (including phenoxy) is 1. The number of hydrogen-bond donors (Lipinski definition) is 2. The molecule has 0 saturated carbocycles. The molecule has 2 rings (SSSR count). The predicted octanol–water partition coefficient (Wildman–Crippen LogP) is 3.25. The first-order valence-electron chi connectivity index (χ1n) is 7.51. The van der Waals surface area contributed by atoms with Crippen LogP contribution in [0.15, 0.2) is 40.7 Å². The van der Waals surface area contributed by atoms with E-state index >= 15 is 0 Å². The van der Waals surface area contributed by atoms with Crippen molar-refractivity contribution in [1.82, 2.24) is 10.3 Å². The van der Waals surface area contributed by atoms with Crippen LogP contribution in [0.25, 0.3) is 0 Å². The summed E-state index contributed by atoms with van der Waals surface area (Å²) in [7, 11) is 1.60. The number of rotatable bonds is 6. The molecule has 25 heavy (non-hydrogen) atoms. The number of nitrogens with zero attached hydrogens (tertiary/aromatic N) is 2. The minimum absolute atomic E-state index is 0.301. The molecule has 0 aliphatic carbocycles. The molecule has 0 aliphatic rings. The van der Waals surface area contributed by atoms with Crippen molar-refractivity contribution in [2.45, 2.75) is 13.3 Å². The number of aromatic nitrogens is 1. The Bertz CT molecular complexity index is 787. The number of carbonyl (C=O) groups is 1. The van der Waals surface area contributed by atoms with Gasteiger partial charge in [-0.05, 0) is 24.5 Å². The van der Waals surface area contributed by atoms with E-state index in [1.165, 1.54) is 16.6 Å². The lowest BCUT2D eigenvalue weighted by molar-refractivity contribution is 0.0977. The van der Waals surface area contributed by atoms with Crippen molar-refractivity contribution in [3.8, 4) is 5.75 Å². The average molecular weight is 377 g/mol. The molecule has 0 atom stereocenters. The summed E-state index contributed by atoms with van der Waals surface area (Å²) in [6, 6.07) is 4.96. The van der Waals surface area contributed by atoms with Crippen LogP contribution < -0.4 is 15.8 Å². The third-order valence-corrected chi connectivity index (χ3v) is 4.92. The highest BCUT2D eigenvalue weighted by atomic mass is 32.2. The number of thiazole rings is 1. The summed E-state index contributed by atoms with van der Waals surface area (Å²) in [4.78, 5) is 21.7. The van der Waals surface area contributed by atoms with E-state index in [1.54, 1.807) is 42.0 Å². The van der Waals surface area contributed by atoms with E-state index in [9.17, 15) is 4.79 Å². The first-order chi connectivity index (χ1) is 12.0. The number of nitrogen functional groups attached to an aromatic ring is 1. The molecule has 0 fully saturated rings. The Labute approximate surface area is 155 Å². The highest BCUT2D eigenvalue weighted by Crippen LogP contribution is 2.20. The number of amidine groups is 1. The van der Waals surface area contributed by atoms with Crippen LogP contribution in [0, 0.1) is 6.92 Å². The predicted molar refractivity (Wildman–Crippen MR) is 106 cm³/mol. The van der Waals surface area contributed by atoms with Crippen LogP contribution in [0.2, 0.25) is 0 Å². The number of benzene rings is 1. The van der Waals surface area contributed by atoms with Gasteiger partial charge in [0.15, 0.2) is 5.17 Å². The van der Waals surface area contributed by atoms with Crippen LogP contribution in [0.5, 0.6) is 5.75 Å². The molecule has 1 amide bonds. The van der Waals surface area contributed by atoms with Crippen molar-refractivity contribution >= 4 is 39.9 Å². The Balaban J connectivity index is 2.02. The van der Waals surface area contributed by atoms with E-state index in [0.29, 0.717) is 28.8 Å². The zero-order valence-corrected chi connectivity index (χ0v) is 15.7. The van der Waals surface area contributed by atoms with Crippen molar-refractivity contribution in [3.05, 3.63) is 51.8 Å². The van der Waals surface area contributed by atoms with E-state index in [-0.39, 0.29) is 5.91 Å². The smallest absolute Gasteiger partial charge is 0.257 e. The van der Waals surface area contributed by atoms with Crippen molar-refractivity contribution in [1.29, 1.82) is 0 Å². The maximum atomic E-state index is 12.3. The van der Waals surface area contributed by atoms with Crippen LogP contribution in [0.4, 0.5) is 5.69 Å². The molecular formula is C17H20N4O2S2. The number of nitrogens with two attached hydrogens (primary N) is 1. The maximum Gasteiger partial charge on any atom is 0.257 e. The molecular weight excluding hydrogens is 356 g/mol. The minimum Gasteiger partial charge on any atom is -0.493 e. The standard InChI is InChI=1S/C17H20N4O2S2/c1-4-24-17(19-3)21-16(22)12-7-13(18)9-14(8-12)23-6-5-15-11(2)20-10-25-15/h4,7-10H,1,5-6,18H2,2-3H3,(H,19,21,22). The monoisotopic (exact) mass is 376 g/mol. The number of carbonyl (C=O) groups excluding carboxylic acids is 1. The number of aliphatic imine (C=N–C) groups is 1. The van der Waals surface area contributed by atoms with Gasteiger partial charge in [0.25, 0.3) is 5.91 Å². The Kier molecular flexibility index (Phi) is 7.03. The van der Waals surface area contributed by atoms with Gasteiger partial charge in [0.05, 0.1) is 17.8 Å². The molecule has 0 aliphatic heterocycles. The number of hydrogen-bond acceptors (Lipinski definition) is 7. The molecule has 1 aromatic heterocycles. The lowest BCUT2D eigenvalue weighted by Gasteiger charge is -2.10. The summed E-state index contributed by atoms with van der Waals surface area (Å²) < 4.78 is 5.75. The summed E-state index contributed by atoms with van der Waals surface area (Å²) in [6.45, 7) is 6.07. The number of amides is 1. The van der Waals surface area contributed by atoms with Crippen LogP contribution in [-0.2, 0) is 6.42 Å². The summed E-state index contributed by atoms with van der Waals surface area (Å²) in [5.41, 5.74) is 9.60. The molecule has 8 heteroatoms. The van der Waals surface area contributed by atoms with Crippen molar-refractivity contribution in [3.63, 3.8) is 0 Å².